The van der Waals surface area contributed by atoms with Crippen molar-refractivity contribution in [2.75, 3.05) is 12.4 Å². The van der Waals surface area contributed by atoms with Crippen molar-refractivity contribution in [2.45, 2.75) is 12.6 Å². The van der Waals surface area contributed by atoms with Gasteiger partial charge in [0.1, 0.15) is 11.9 Å². The largest absolute Gasteiger partial charge is 0.497 e. The fourth-order valence-corrected chi connectivity index (χ4v) is 2.91. The predicted octanol–water partition coefficient (Wildman–Crippen LogP) is 5.85. The third-order valence-corrected chi connectivity index (χ3v) is 4.47. The van der Waals surface area contributed by atoms with E-state index in [2.05, 4.69) is 5.32 Å². The summed E-state index contributed by atoms with van der Waals surface area (Å²) in [6, 6.07) is 20.7. The Morgan fingerprint density at radius 2 is 1.70 bits per heavy atom. The van der Waals surface area contributed by atoms with Crippen LogP contribution in [0.3, 0.4) is 0 Å². The number of methoxy groups -OCH3 is 1. The molecule has 0 radical (unpaired) electrons. The Hall–Kier alpha value is -2.85. The van der Waals surface area contributed by atoms with Crippen molar-refractivity contribution < 1.29 is 13.9 Å². The first-order chi connectivity index (χ1) is 13.1. The Bertz CT molecular complexity index is 910. The van der Waals surface area contributed by atoms with E-state index in [4.69, 9.17) is 16.3 Å². The van der Waals surface area contributed by atoms with Crippen LogP contribution >= 0.6 is 11.6 Å². The summed E-state index contributed by atoms with van der Waals surface area (Å²) in [5, 5.41) is 3.40. The number of benzene rings is 3. The molecular weight excluding hydrogens is 365 g/mol. The van der Waals surface area contributed by atoms with E-state index in [1.54, 1.807) is 79.9 Å². The number of amides is 1. The maximum Gasteiger partial charge on any atom is 0.256 e. The predicted molar refractivity (Wildman–Crippen MR) is 106 cm³/mol. The monoisotopic (exact) mass is 383 g/mol. The fourth-order valence-electron chi connectivity index (χ4n) is 2.79. The molecule has 27 heavy (non-hydrogen) atoms. The number of anilines is 1. The second kappa shape index (κ2) is 8.69. The third-order valence-electron chi connectivity index (χ3n) is 4.22. The molecule has 0 fully saturated rings. The molecule has 3 rings (SSSR count). The lowest BCUT2D eigenvalue weighted by Gasteiger charge is -2.14. The first-order valence-corrected chi connectivity index (χ1v) is 8.87. The number of hydrogen-bond donors (Lipinski definition) is 1. The highest BCUT2D eigenvalue weighted by Gasteiger charge is 2.19. The Balaban J connectivity index is 1.77. The van der Waals surface area contributed by atoms with Gasteiger partial charge >= 0.3 is 0 Å². The lowest BCUT2D eigenvalue weighted by Crippen LogP contribution is -2.15. The molecule has 1 N–H and O–H groups in total. The van der Waals surface area contributed by atoms with Crippen LogP contribution in [0, 0.1) is 0 Å². The van der Waals surface area contributed by atoms with Gasteiger partial charge in [0.2, 0.25) is 0 Å². The molecule has 0 aromatic heterocycles. The van der Waals surface area contributed by atoms with E-state index in [0.29, 0.717) is 27.6 Å². The van der Waals surface area contributed by atoms with Gasteiger partial charge in [0, 0.05) is 22.7 Å². The minimum absolute atomic E-state index is 0.171. The van der Waals surface area contributed by atoms with Crippen LogP contribution in [-0.4, -0.2) is 13.0 Å². The molecule has 0 aliphatic heterocycles. The van der Waals surface area contributed by atoms with Crippen LogP contribution in [0.1, 0.15) is 27.7 Å². The number of halogens is 2. The number of carbonyl (C=O) groups is 1. The summed E-state index contributed by atoms with van der Waals surface area (Å²) >= 11 is 5.87. The molecule has 3 aromatic rings. The highest BCUT2D eigenvalue weighted by molar-refractivity contribution is 6.30. The van der Waals surface area contributed by atoms with Crippen molar-refractivity contribution in [3.63, 3.8) is 0 Å². The molecule has 3 aromatic carbocycles. The molecule has 1 atom stereocenters. The normalized spacial score (nSPS) is 11.7. The first-order valence-electron chi connectivity index (χ1n) is 8.49. The van der Waals surface area contributed by atoms with Crippen molar-refractivity contribution in [1.29, 1.82) is 0 Å². The minimum atomic E-state index is -1.30. The maximum absolute atomic E-state index is 15.0. The number of ether oxygens (including phenoxy) is 1. The van der Waals surface area contributed by atoms with Crippen molar-refractivity contribution in [2.24, 2.45) is 0 Å². The molecule has 0 bridgehead atoms. The number of alkyl halides is 1. The Morgan fingerprint density at radius 1 is 1.04 bits per heavy atom. The summed E-state index contributed by atoms with van der Waals surface area (Å²) in [7, 11) is 1.58. The molecule has 0 aliphatic rings. The van der Waals surface area contributed by atoms with Crippen molar-refractivity contribution >= 4 is 23.2 Å². The Labute approximate surface area is 162 Å². The van der Waals surface area contributed by atoms with Crippen LogP contribution in [-0.2, 0) is 6.42 Å². The summed E-state index contributed by atoms with van der Waals surface area (Å²) in [6.45, 7) is 0. The molecule has 0 aliphatic carbocycles. The first kappa shape index (κ1) is 18.9. The smallest absolute Gasteiger partial charge is 0.256 e. The van der Waals surface area contributed by atoms with E-state index >= 15 is 0 Å². The van der Waals surface area contributed by atoms with Crippen molar-refractivity contribution in [3.8, 4) is 5.75 Å². The topological polar surface area (TPSA) is 38.3 Å². The molecule has 0 heterocycles. The van der Waals surface area contributed by atoms with Gasteiger partial charge in [-0.1, -0.05) is 41.9 Å². The average Bonchev–Trinajstić information content (AvgIpc) is 2.70. The van der Waals surface area contributed by atoms with Crippen LogP contribution in [0.15, 0.2) is 72.8 Å². The Kier molecular flexibility index (Phi) is 6.09. The van der Waals surface area contributed by atoms with Gasteiger partial charge < -0.3 is 10.1 Å². The van der Waals surface area contributed by atoms with Gasteiger partial charge in [0.25, 0.3) is 5.91 Å². The second-order valence-electron chi connectivity index (χ2n) is 6.07. The van der Waals surface area contributed by atoms with Crippen LogP contribution in [0.25, 0.3) is 0 Å². The van der Waals surface area contributed by atoms with Gasteiger partial charge in [-0.15, -0.1) is 0 Å². The molecule has 0 saturated heterocycles. The zero-order valence-corrected chi connectivity index (χ0v) is 15.5. The second-order valence-corrected chi connectivity index (χ2v) is 6.50. The lowest BCUT2D eigenvalue weighted by molar-refractivity contribution is 0.102. The molecule has 5 heteroatoms. The molecule has 1 amide bonds. The minimum Gasteiger partial charge on any atom is -0.497 e. The van der Waals surface area contributed by atoms with E-state index in [9.17, 15) is 9.18 Å². The maximum atomic E-state index is 15.0. The zero-order valence-electron chi connectivity index (χ0n) is 14.8. The van der Waals surface area contributed by atoms with Gasteiger partial charge in [-0.25, -0.2) is 4.39 Å². The van der Waals surface area contributed by atoms with E-state index in [1.807, 2.05) is 0 Å². The molecule has 0 spiro atoms. The SMILES string of the molecule is COc1ccc(NC(=O)c2ccccc2[C@H](F)Cc2ccc(Cl)cc2)cc1. The quantitative estimate of drug-likeness (QED) is 0.579. The summed E-state index contributed by atoms with van der Waals surface area (Å²) in [5.41, 5.74) is 2.11. The van der Waals surface area contributed by atoms with Gasteiger partial charge in [-0.3, -0.25) is 4.79 Å². The van der Waals surface area contributed by atoms with Gasteiger partial charge in [-0.05, 0) is 53.6 Å². The van der Waals surface area contributed by atoms with Gasteiger partial charge in [-0.2, -0.15) is 0 Å². The zero-order chi connectivity index (χ0) is 19.2. The molecule has 0 saturated carbocycles. The third kappa shape index (κ3) is 4.86. The van der Waals surface area contributed by atoms with E-state index in [1.165, 1.54) is 0 Å². The summed E-state index contributed by atoms with van der Waals surface area (Å²) < 4.78 is 20.1. The highest BCUT2D eigenvalue weighted by Crippen LogP contribution is 2.27. The molecular formula is C22H19ClFNO2. The highest BCUT2D eigenvalue weighted by atomic mass is 35.5. The number of rotatable bonds is 6. The van der Waals surface area contributed by atoms with E-state index in [0.717, 1.165) is 5.56 Å². The average molecular weight is 384 g/mol. The van der Waals surface area contributed by atoms with Gasteiger partial charge in [0.05, 0.1) is 7.11 Å². The molecule has 138 valence electrons. The van der Waals surface area contributed by atoms with Crippen LogP contribution in [0.2, 0.25) is 5.02 Å². The molecule has 0 unspecified atom stereocenters. The number of carbonyl (C=O) groups excluding carboxylic acids is 1. The lowest BCUT2D eigenvalue weighted by atomic mass is 9.97. The summed E-state index contributed by atoms with van der Waals surface area (Å²) in [5.74, 6) is 0.342. The number of hydrogen-bond acceptors (Lipinski definition) is 2. The standard InChI is InChI=1S/C22H19ClFNO2/c1-27-18-12-10-17(11-13-18)25-22(26)20-5-3-2-4-19(20)21(24)14-15-6-8-16(23)9-7-15/h2-13,21H,14H2,1H3,(H,25,26)/t21-/m1/s1. The fraction of sp³-hybridized carbons (Fsp3) is 0.136. The van der Waals surface area contributed by atoms with Crippen LogP contribution in [0.5, 0.6) is 5.75 Å². The van der Waals surface area contributed by atoms with Crippen LogP contribution < -0.4 is 10.1 Å². The molecule has 3 nitrogen and oxygen atoms in total. The van der Waals surface area contributed by atoms with Crippen molar-refractivity contribution in [3.05, 3.63) is 94.5 Å². The number of nitrogens with one attached hydrogen (secondary N) is 1. The summed E-state index contributed by atoms with van der Waals surface area (Å²) in [6.07, 6.45) is -1.13. The van der Waals surface area contributed by atoms with E-state index in [-0.39, 0.29) is 12.3 Å². The Morgan fingerprint density at radius 3 is 2.37 bits per heavy atom. The van der Waals surface area contributed by atoms with Gasteiger partial charge in [0.15, 0.2) is 0 Å². The van der Waals surface area contributed by atoms with Crippen molar-refractivity contribution in [1.82, 2.24) is 0 Å². The summed E-state index contributed by atoms with van der Waals surface area (Å²) in [4.78, 5) is 12.7. The van der Waals surface area contributed by atoms with Crippen LogP contribution in [0.4, 0.5) is 10.1 Å². The van der Waals surface area contributed by atoms with E-state index < -0.39 is 6.17 Å².